The van der Waals surface area contributed by atoms with Crippen molar-refractivity contribution in [2.45, 2.75) is 47.5 Å². The number of likely N-dealkylation sites (N-methyl/N-ethyl adjacent to an activating group) is 1. The van der Waals surface area contributed by atoms with Gasteiger partial charge in [-0.15, -0.1) is 0 Å². The minimum Gasteiger partial charge on any atom is -0.314 e. The van der Waals surface area contributed by atoms with Crippen LogP contribution in [0.1, 0.15) is 47.5 Å². The molecule has 0 bridgehead atoms. The van der Waals surface area contributed by atoms with Crippen molar-refractivity contribution in [3.05, 3.63) is 11.8 Å². The van der Waals surface area contributed by atoms with Crippen LogP contribution in [0, 0.1) is 10.8 Å². The highest BCUT2D eigenvalue weighted by molar-refractivity contribution is 5.59. The molecular formula is C15H29N2+. The Bertz CT molecular complexity index is 322. The molecule has 1 aliphatic heterocycles. The first kappa shape index (κ1) is 14.4. The molecule has 2 heteroatoms. The van der Waals surface area contributed by atoms with Gasteiger partial charge in [-0.3, -0.25) is 0 Å². The zero-order valence-corrected chi connectivity index (χ0v) is 12.4. The molecule has 17 heavy (non-hydrogen) atoms. The molecule has 0 spiro atoms. The molecule has 0 saturated carbocycles. The summed E-state index contributed by atoms with van der Waals surface area (Å²) < 4.78 is 2.33. The first-order valence-corrected chi connectivity index (χ1v) is 6.80. The summed E-state index contributed by atoms with van der Waals surface area (Å²) in [5.41, 5.74) is 2.19. The van der Waals surface area contributed by atoms with Gasteiger partial charge in [0.1, 0.15) is 6.21 Å². The third kappa shape index (κ3) is 2.98. The number of hydrogen-bond donors (Lipinski definition) is 1. The van der Waals surface area contributed by atoms with Crippen molar-refractivity contribution in [1.29, 1.82) is 0 Å². The molecule has 2 nitrogen and oxygen atoms in total. The summed E-state index contributed by atoms with van der Waals surface area (Å²) in [5.74, 6) is 0. The summed E-state index contributed by atoms with van der Waals surface area (Å²) in [6.45, 7) is 13.9. The molecule has 0 aromatic heterocycles. The van der Waals surface area contributed by atoms with Crippen LogP contribution in [0.2, 0.25) is 0 Å². The second-order valence-corrected chi connectivity index (χ2v) is 6.24. The van der Waals surface area contributed by atoms with E-state index in [-0.39, 0.29) is 5.41 Å². The number of rotatable bonds is 6. The summed E-state index contributed by atoms with van der Waals surface area (Å²) in [6.07, 6.45) is 7.00. The zero-order chi connectivity index (χ0) is 13.1. The van der Waals surface area contributed by atoms with Crippen LogP contribution in [0.25, 0.3) is 0 Å². The van der Waals surface area contributed by atoms with Gasteiger partial charge in [-0.25, -0.2) is 4.58 Å². The SMILES string of the molecule is CCC(C)(C)C(C)(C)C1=C[N+](CCNC)=CC1. The Morgan fingerprint density at radius 2 is 1.94 bits per heavy atom. The molecule has 0 aliphatic carbocycles. The highest BCUT2D eigenvalue weighted by Gasteiger charge is 2.40. The molecule has 0 aromatic rings. The van der Waals surface area contributed by atoms with E-state index in [1.165, 1.54) is 6.42 Å². The number of nitrogens with zero attached hydrogens (tertiary/aromatic N) is 1. The molecule has 1 rings (SSSR count). The van der Waals surface area contributed by atoms with Gasteiger partial charge in [0.05, 0.1) is 13.0 Å². The third-order valence-electron chi connectivity index (χ3n) is 4.87. The van der Waals surface area contributed by atoms with Crippen molar-refractivity contribution in [3.8, 4) is 0 Å². The van der Waals surface area contributed by atoms with Gasteiger partial charge in [-0.05, 0) is 17.9 Å². The van der Waals surface area contributed by atoms with Crippen LogP contribution < -0.4 is 5.32 Å². The highest BCUT2D eigenvalue weighted by atomic mass is 15.0. The fraction of sp³-hybridized carbons (Fsp3) is 0.800. The van der Waals surface area contributed by atoms with E-state index in [0.29, 0.717) is 5.41 Å². The summed E-state index contributed by atoms with van der Waals surface area (Å²) in [4.78, 5) is 0. The molecule has 0 aromatic carbocycles. The topological polar surface area (TPSA) is 15.0 Å². The molecule has 0 saturated heterocycles. The molecule has 0 amide bonds. The van der Waals surface area contributed by atoms with E-state index in [1.54, 1.807) is 5.57 Å². The van der Waals surface area contributed by atoms with E-state index in [9.17, 15) is 0 Å². The van der Waals surface area contributed by atoms with Gasteiger partial charge in [0.2, 0.25) is 0 Å². The number of hydrogen-bond acceptors (Lipinski definition) is 1. The second kappa shape index (κ2) is 5.34. The standard InChI is InChI=1S/C15H29N2/c1-7-14(2,3)15(4,5)13-8-10-17(12-13)11-9-16-6/h10,12,16H,7-9,11H2,1-6H3/q+1. The summed E-state index contributed by atoms with van der Waals surface area (Å²) in [7, 11) is 2.00. The Kier molecular flexibility index (Phi) is 4.54. The lowest BCUT2D eigenvalue weighted by Crippen LogP contribution is -2.33. The minimum atomic E-state index is 0.270. The lowest BCUT2D eigenvalue weighted by Gasteiger charge is -2.41. The van der Waals surface area contributed by atoms with Crippen LogP contribution >= 0.6 is 0 Å². The van der Waals surface area contributed by atoms with Crippen LogP contribution in [0.15, 0.2) is 11.8 Å². The number of allylic oxidation sites excluding steroid dienone is 1. The van der Waals surface area contributed by atoms with Crippen molar-refractivity contribution in [3.63, 3.8) is 0 Å². The first-order chi connectivity index (χ1) is 7.85. The van der Waals surface area contributed by atoms with Gasteiger partial charge in [0.25, 0.3) is 0 Å². The molecule has 1 N–H and O–H groups in total. The molecule has 1 heterocycles. The molecule has 0 radical (unpaired) electrons. The summed E-state index contributed by atoms with van der Waals surface area (Å²) >= 11 is 0. The predicted octanol–water partition coefficient (Wildman–Crippen LogP) is 3.04. The Labute approximate surface area is 107 Å². The van der Waals surface area contributed by atoms with E-state index < -0.39 is 0 Å². The maximum atomic E-state index is 3.20. The molecular weight excluding hydrogens is 208 g/mol. The van der Waals surface area contributed by atoms with E-state index >= 15 is 0 Å². The predicted molar refractivity (Wildman–Crippen MR) is 75.7 cm³/mol. The van der Waals surface area contributed by atoms with Crippen LogP contribution in [-0.4, -0.2) is 30.9 Å². The van der Waals surface area contributed by atoms with Crippen LogP contribution in [0.4, 0.5) is 0 Å². The molecule has 0 fully saturated rings. The Hall–Kier alpha value is -0.630. The molecule has 0 atom stereocenters. The van der Waals surface area contributed by atoms with Crippen molar-refractivity contribution in [2.24, 2.45) is 10.8 Å². The van der Waals surface area contributed by atoms with Gasteiger partial charge >= 0.3 is 0 Å². The van der Waals surface area contributed by atoms with Gasteiger partial charge < -0.3 is 5.32 Å². The Morgan fingerprint density at radius 1 is 1.29 bits per heavy atom. The van der Waals surface area contributed by atoms with E-state index in [4.69, 9.17) is 0 Å². The van der Waals surface area contributed by atoms with Crippen molar-refractivity contribution in [2.75, 3.05) is 20.1 Å². The molecule has 0 unspecified atom stereocenters. The van der Waals surface area contributed by atoms with E-state index in [0.717, 1.165) is 19.5 Å². The maximum Gasteiger partial charge on any atom is 0.168 e. The van der Waals surface area contributed by atoms with Crippen LogP contribution in [0.5, 0.6) is 0 Å². The minimum absolute atomic E-state index is 0.270. The monoisotopic (exact) mass is 237 g/mol. The molecule has 98 valence electrons. The highest BCUT2D eigenvalue weighted by Crippen LogP contribution is 2.47. The van der Waals surface area contributed by atoms with E-state index in [2.05, 4.69) is 56.9 Å². The van der Waals surface area contributed by atoms with E-state index in [1.807, 2.05) is 7.05 Å². The Balaban J connectivity index is 2.77. The second-order valence-electron chi connectivity index (χ2n) is 6.24. The Morgan fingerprint density at radius 3 is 2.47 bits per heavy atom. The van der Waals surface area contributed by atoms with Crippen LogP contribution in [-0.2, 0) is 0 Å². The average molecular weight is 237 g/mol. The van der Waals surface area contributed by atoms with Gasteiger partial charge in [0, 0.05) is 5.57 Å². The average Bonchev–Trinajstić information content (AvgIpc) is 2.75. The summed E-state index contributed by atoms with van der Waals surface area (Å²) in [5, 5.41) is 3.20. The fourth-order valence-corrected chi connectivity index (χ4v) is 2.21. The normalized spacial score (nSPS) is 17.1. The quantitative estimate of drug-likeness (QED) is 0.702. The summed E-state index contributed by atoms with van der Waals surface area (Å²) in [6, 6.07) is 0. The fourth-order valence-electron chi connectivity index (χ4n) is 2.21. The largest absolute Gasteiger partial charge is 0.314 e. The van der Waals surface area contributed by atoms with Crippen molar-refractivity contribution >= 4 is 6.21 Å². The van der Waals surface area contributed by atoms with Crippen molar-refractivity contribution < 1.29 is 4.58 Å². The lowest BCUT2D eigenvalue weighted by molar-refractivity contribution is -0.448. The first-order valence-electron chi connectivity index (χ1n) is 6.80. The van der Waals surface area contributed by atoms with Crippen molar-refractivity contribution in [1.82, 2.24) is 5.32 Å². The number of nitrogens with one attached hydrogen (secondary N) is 1. The van der Waals surface area contributed by atoms with Gasteiger partial charge in [-0.1, -0.05) is 41.0 Å². The molecule has 1 aliphatic rings. The smallest absolute Gasteiger partial charge is 0.168 e. The maximum absolute atomic E-state index is 3.20. The van der Waals surface area contributed by atoms with Gasteiger partial charge in [0.15, 0.2) is 12.7 Å². The van der Waals surface area contributed by atoms with Gasteiger partial charge in [-0.2, -0.15) is 0 Å². The zero-order valence-electron chi connectivity index (χ0n) is 12.4. The lowest BCUT2D eigenvalue weighted by atomic mass is 9.62. The van der Waals surface area contributed by atoms with Crippen LogP contribution in [0.3, 0.4) is 0 Å². The third-order valence-corrected chi connectivity index (χ3v) is 4.87.